The second kappa shape index (κ2) is 21.2. The van der Waals surface area contributed by atoms with Gasteiger partial charge in [0, 0.05) is 32.6 Å². The number of guanidine groups is 2. The van der Waals surface area contributed by atoms with Crippen molar-refractivity contribution < 1.29 is 4.79 Å². The Morgan fingerprint density at radius 3 is 1.62 bits per heavy atom. The van der Waals surface area contributed by atoms with E-state index in [0.717, 1.165) is 12.8 Å². The number of nitrogens with zero attached hydrogens (tertiary/aromatic N) is 3. The molecule has 0 aliphatic rings. The number of hydrogen-bond donors (Lipinski definition) is 6. The third kappa shape index (κ3) is 17.8. The van der Waals surface area contributed by atoms with Gasteiger partial charge in [-0.1, -0.05) is 58.3 Å². The molecule has 32 heavy (non-hydrogen) atoms. The van der Waals surface area contributed by atoms with E-state index >= 15 is 0 Å². The smallest absolute Gasteiger partial charge is 0.222 e. The highest BCUT2D eigenvalue weighted by molar-refractivity contribution is 5.78. The van der Waals surface area contributed by atoms with Gasteiger partial charge in [0.15, 0.2) is 12.4 Å². The van der Waals surface area contributed by atoms with Crippen LogP contribution in [0.25, 0.3) is 0 Å². The van der Waals surface area contributed by atoms with Crippen LogP contribution in [0.3, 0.4) is 0 Å². The van der Waals surface area contributed by atoms with E-state index in [1.165, 1.54) is 44.9 Å². The fourth-order valence-electron chi connectivity index (χ4n) is 3.27. The number of carbonyl (C=O) groups excluding carboxylic acids is 1. The molecule has 0 aliphatic carbocycles. The number of unbranched alkanes of at least 4 members (excludes halogenated alkanes) is 8. The van der Waals surface area contributed by atoms with Crippen LogP contribution in [0, 0.1) is 33.7 Å². The predicted molar refractivity (Wildman–Crippen MR) is 127 cm³/mol. The van der Waals surface area contributed by atoms with Gasteiger partial charge in [0.1, 0.15) is 0 Å². The van der Waals surface area contributed by atoms with Gasteiger partial charge in [-0.25, -0.2) is 0 Å². The van der Waals surface area contributed by atoms with Gasteiger partial charge < -0.3 is 15.5 Å². The molecule has 0 saturated heterocycles. The average molecular weight is 448 g/mol. The summed E-state index contributed by atoms with van der Waals surface area (Å²) in [6, 6.07) is 0. The van der Waals surface area contributed by atoms with Crippen molar-refractivity contribution in [3.63, 3.8) is 0 Å². The van der Waals surface area contributed by atoms with Gasteiger partial charge in [-0.2, -0.15) is 10.5 Å². The lowest BCUT2D eigenvalue weighted by Crippen LogP contribution is -2.39. The third-order valence-corrected chi connectivity index (χ3v) is 5.02. The highest BCUT2D eigenvalue weighted by Crippen LogP contribution is 2.11. The van der Waals surface area contributed by atoms with Crippen molar-refractivity contribution in [1.29, 1.82) is 21.3 Å². The molecule has 0 aliphatic heterocycles. The predicted octanol–water partition coefficient (Wildman–Crippen LogP) is 2.71. The van der Waals surface area contributed by atoms with Gasteiger partial charge in [0.05, 0.1) is 0 Å². The second-order valence-corrected chi connectivity index (χ2v) is 7.74. The molecule has 0 atom stereocenters. The summed E-state index contributed by atoms with van der Waals surface area (Å²) in [7, 11) is 0. The van der Waals surface area contributed by atoms with Crippen molar-refractivity contribution in [2.75, 3.05) is 26.2 Å². The van der Waals surface area contributed by atoms with Gasteiger partial charge in [-0.05, 0) is 19.3 Å². The van der Waals surface area contributed by atoms with E-state index in [0.29, 0.717) is 45.4 Å². The number of carbonyl (C=O) groups is 1. The molecule has 0 heterocycles. The van der Waals surface area contributed by atoms with Gasteiger partial charge in [0.2, 0.25) is 17.8 Å². The number of amides is 1. The Bertz CT molecular complexity index is 574. The van der Waals surface area contributed by atoms with E-state index in [4.69, 9.17) is 21.3 Å². The zero-order valence-corrected chi connectivity index (χ0v) is 19.6. The Balaban J connectivity index is 4.22. The Morgan fingerprint density at radius 1 is 0.750 bits per heavy atom. The fourth-order valence-corrected chi connectivity index (χ4v) is 3.27. The summed E-state index contributed by atoms with van der Waals surface area (Å²) in [6.45, 7) is 4.34. The number of hydrogen-bond acceptors (Lipinski definition) is 5. The summed E-state index contributed by atoms with van der Waals surface area (Å²) in [5.74, 6) is 0.0314. The van der Waals surface area contributed by atoms with Crippen LogP contribution in [0.1, 0.15) is 84.0 Å². The maximum atomic E-state index is 12.7. The minimum absolute atomic E-state index is 0.0484. The fraction of sp³-hybridized carbons (Fsp3) is 0.773. The van der Waals surface area contributed by atoms with E-state index in [2.05, 4.69) is 28.2 Å². The molecule has 0 aromatic carbocycles. The molecule has 0 saturated carbocycles. The summed E-state index contributed by atoms with van der Waals surface area (Å²) in [6.07, 6.45) is 16.1. The molecule has 0 bridgehead atoms. The lowest BCUT2D eigenvalue weighted by molar-refractivity contribution is -0.131. The van der Waals surface area contributed by atoms with Crippen LogP contribution in [0.5, 0.6) is 0 Å². The summed E-state index contributed by atoms with van der Waals surface area (Å²) in [5, 5.41) is 42.0. The molecule has 10 nitrogen and oxygen atoms in total. The molecule has 0 aromatic rings. The summed E-state index contributed by atoms with van der Waals surface area (Å²) in [4.78, 5) is 14.5. The van der Waals surface area contributed by atoms with Crippen molar-refractivity contribution in [3.05, 3.63) is 0 Å². The van der Waals surface area contributed by atoms with Crippen molar-refractivity contribution in [2.24, 2.45) is 0 Å². The molecule has 0 aromatic heterocycles. The lowest BCUT2D eigenvalue weighted by atomic mass is 10.1. The van der Waals surface area contributed by atoms with Gasteiger partial charge >= 0.3 is 0 Å². The van der Waals surface area contributed by atoms with Gasteiger partial charge in [-0.3, -0.25) is 26.2 Å². The highest BCUT2D eigenvalue weighted by atomic mass is 16.2. The Kier molecular flexibility index (Phi) is 19.2. The third-order valence-electron chi connectivity index (χ3n) is 5.02. The maximum Gasteiger partial charge on any atom is 0.222 e. The Morgan fingerprint density at radius 2 is 1.19 bits per heavy atom. The first-order chi connectivity index (χ1) is 15.5. The number of nitriles is 2. The summed E-state index contributed by atoms with van der Waals surface area (Å²) in [5.41, 5.74) is 0. The molecule has 0 rings (SSSR count). The first-order valence-electron chi connectivity index (χ1n) is 11.8. The van der Waals surface area contributed by atoms with Crippen molar-refractivity contribution >= 4 is 17.8 Å². The van der Waals surface area contributed by atoms with Crippen molar-refractivity contribution in [3.8, 4) is 12.4 Å². The first kappa shape index (κ1) is 29.0. The zero-order chi connectivity index (χ0) is 23.9. The largest absolute Gasteiger partial charge is 0.356 e. The molecular weight excluding hydrogens is 406 g/mol. The van der Waals surface area contributed by atoms with Gasteiger partial charge in [-0.15, -0.1) is 0 Å². The molecule has 0 radical (unpaired) electrons. The van der Waals surface area contributed by atoms with E-state index in [-0.39, 0.29) is 17.8 Å². The van der Waals surface area contributed by atoms with E-state index in [9.17, 15) is 4.79 Å². The van der Waals surface area contributed by atoms with E-state index in [1.807, 2.05) is 4.90 Å². The molecule has 0 fully saturated rings. The van der Waals surface area contributed by atoms with Crippen LogP contribution in [0.15, 0.2) is 0 Å². The SMILES string of the molecule is CCCCCCCCCCCC(=O)N(CCCNC(=N)NC#N)CCCNC(=N)NC#N. The molecule has 10 heteroatoms. The van der Waals surface area contributed by atoms with Crippen LogP contribution in [-0.4, -0.2) is 48.9 Å². The summed E-state index contributed by atoms with van der Waals surface area (Å²) < 4.78 is 0. The van der Waals surface area contributed by atoms with Crippen molar-refractivity contribution in [1.82, 2.24) is 26.2 Å². The lowest BCUT2D eigenvalue weighted by Gasteiger charge is -2.23. The maximum absolute atomic E-state index is 12.7. The number of nitrogens with one attached hydrogen (secondary N) is 6. The second-order valence-electron chi connectivity index (χ2n) is 7.74. The van der Waals surface area contributed by atoms with Gasteiger partial charge in [0.25, 0.3) is 0 Å². The normalized spacial score (nSPS) is 9.84. The average Bonchev–Trinajstić information content (AvgIpc) is 2.77. The highest BCUT2D eigenvalue weighted by Gasteiger charge is 2.13. The monoisotopic (exact) mass is 447 g/mol. The molecule has 180 valence electrons. The molecule has 0 unspecified atom stereocenters. The van der Waals surface area contributed by atoms with Crippen LogP contribution in [-0.2, 0) is 4.79 Å². The minimum atomic E-state index is -0.0484. The molecule has 0 spiro atoms. The van der Waals surface area contributed by atoms with E-state index in [1.54, 1.807) is 12.4 Å². The van der Waals surface area contributed by atoms with Crippen LogP contribution in [0.4, 0.5) is 0 Å². The zero-order valence-electron chi connectivity index (χ0n) is 19.6. The minimum Gasteiger partial charge on any atom is -0.356 e. The molecular formula is C22H41N9O. The number of rotatable bonds is 18. The Hall–Kier alpha value is -3.01. The molecule has 1 amide bonds. The molecule has 6 N–H and O–H groups in total. The van der Waals surface area contributed by atoms with Crippen LogP contribution < -0.4 is 21.3 Å². The van der Waals surface area contributed by atoms with Crippen LogP contribution >= 0.6 is 0 Å². The standard InChI is InChI=1S/C22H41N9O/c1-2-3-4-5-6-7-8-9-10-13-20(32)31(16-11-14-27-21(25)29-18-23)17-12-15-28-22(26)30-19-24/h2-17H2,1H3,(H3,25,27,29)(H3,26,28,30). The first-order valence-corrected chi connectivity index (χ1v) is 11.8. The quantitative estimate of drug-likeness (QED) is 0.0618. The summed E-state index contributed by atoms with van der Waals surface area (Å²) >= 11 is 0. The van der Waals surface area contributed by atoms with E-state index < -0.39 is 0 Å². The van der Waals surface area contributed by atoms with Crippen molar-refractivity contribution in [2.45, 2.75) is 84.0 Å². The topological polar surface area (TPSA) is 164 Å². The van der Waals surface area contributed by atoms with Crippen LogP contribution in [0.2, 0.25) is 0 Å². The Labute approximate surface area is 193 Å².